The lowest BCUT2D eigenvalue weighted by atomic mass is 10.0. The molecule has 4 aromatic rings. The van der Waals surface area contributed by atoms with Crippen LogP contribution in [0, 0.1) is 6.92 Å². The van der Waals surface area contributed by atoms with E-state index in [-0.39, 0.29) is 5.75 Å². The second kappa shape index (κ2) is 12.4. The number of esters is 1. The zero-order valence-corrected chi connectivity index (χ0v) is 23.9. The molecule has 0 radical (unpaired) electrons. The third-order valence-electron chi connectivity index (χ3n) is 6.56. The Bertz CT molecular complexity index is 1530. The molecule has 1 aliphatic rings. The van der Waals surface area contributed by atoms with Crippen molar-refractivity contribution in [2.75, 3.05) is 37.8 Å². The van der Waals surface area contributed by atoms with Crippen molar-refractivity contribution in [3.63, 3.8) is 0 Å². The van der Waals surface area contributed by atoms with Gasteiger partial charge in [0.15, 0.2) is 0 Å². The Morgan fingerprint density at radius 1 is 1.05 bits per heavy atom. The molecule has 4 heterocycles. The number of pyridine rings is 1. The SMILES string of the molecule is Cc1nc2ccc(-c3cnc(N4CCOCC4)nc3)cn2c1C(OCC(=O)OC(C)(C)C)c1ccccc1OC(F)F. The highest BCUT2D eigenvalue weighted by Crippen LogP contribution is 2.36. The van der Waals surface area contributed by atoms with Gasteiger partial charge in [-0.1, -0.05) is 18.2 Å². The first-order chi connectivity index (χ1) is 20.1. The van der Waals surface area contributed by atoms with Gasteiger partial charge in [-0.2, -0.15) is 8.78 Å². The number of aromatic nitrogens is 4. The molecule has 1 unspecified atom stereocenters. The molecule has 0 N–H and O–H groups in total. The van der Waals surface area contributed by atoms with Gasteiger partial charge in [-0.15, -0.1) is 0 Å². The number of hydrogen-bond acceptors (Lipinski definition) is 9. The van der Waals surface area contributed by atoms with Gasteiger partial charge in [0.1, 0.15) is 29.7 Å². The van der Waals surface area contributed by atoms with E-state index in [1.165, 1.54) is 6.07 Å². The predicted octanol–water partition coefficient (Wildman–Crippen LogP) is 4.99. The molecule has 1 aromatic carbocycles. The number of benzene rings is 1. The van der Waals surface area contributed by atoms with Crippen LogP contribution in [0.1, 0.15) is 43.8 Å². The number of carbonyl (C=O) groups excluding carboxylic acids is 1. The fourth-order valence-electron chi connectivity index (χ4n) is 4.80. The largest absolute Gasteiger partial charge is 0.458 e. The number of fused-ring (bicyclic) bond motifs is 1. The van der Waals surface area contributed by atoms with Crippen LogP contribution in [-0.4, -0.2) is 70.4 Å². The van der Waals surface area contributed by atoms with Crippen molar-refractivity contribution >= 4 is 17.6 Å². The molecular weight excluding hydrogens is 548 g/mol. The second-order valence-corrected chi connectivity index (χ2v) is 10.8. The summed E-state index contributed by atoms with van der Waals surface area (Å²) in [6, 6.07) is 10.1. The fourth-order valence-corrected chi connectivity index (χ4v) is 4.80. The van der Waals surface area contributed by atoms with E-state index in [1.807, 2.05) is 22.7 Å². The number of halogens is 2. The van der Waals surface area contributed by atoms with E-state index in [1.54, 1.807) is 58.3 Å². The first-order valence-corrected chi connectivity index (χ1v) is 13.6. The highest BCUT2D eigenvalue weighted by atomic mass is 19.3. The molecule has 0 spiro atoms. The van der Waals surface area contributed by atoms with Crippen molar-refractivity contribution in [1.29, 1.82) is 0 Å². The smallest absolute Gasteiger partial charge is 0.387 e. The van der Waals surface area contributed by atoms with E-state index in [4.69, 9.17) is 18.9 Å². The lowest BCUT2D eigenvalue weighted by Crippen LogP contribution is -2.37. The van der Waals surface area contributed by atoms with E-state index >= 15 is 0 Å². The number of aryl methyl sites for hydroxylation is 1. The summed E-state index contributed by atoms with van der Waals surface area (Å²) < 4.78 is 50.3. The highest BCUT2D eigenvalue weighted by molar-refractivity contribution is 5.71. The fraction of sp³-hybridized carbons (Fsp3) is 0.400. The molecule has 0 bridgehead atoms. The van der Waals surface area contributed by atoms with Crippen molar-refractivity contribution in [3.05, 3.63) is 71.9 Å². The molecule has 1 atom stereocenters. The number of imidazole rings is 1. The third kappa shape index (κ3) is 6.82. The van der Waals surface area contributed by atoms with Crippen LogP contribution < -0.4 is 9.64 Å². The van der Waals surface area contributed by atoms with E-state index in [2.05, 4.69) is 19.9 Å². The quantitative estimate of drug-likeness (QED) is 0.253. The van der Waals surface area contributed by atoms with E-state index in [0.29, 0.717) is 41.8 Å². The van der Waals surface area contributed by atoms with Crippen LogP contribution >= 0.6 is 0 Å². The van der Waals surface area contributed by atoms with Gasteiger partial charge in [-0.25, -0.2) is 19.7 Å². The van der Waals surface area contributed by atoms with Gasteiger partial charge in [0.2, 0.25) is 5.95 Å². The molecule has 1 aliphatic heterocycles. The van der Waals surface area contributed by atoms with E-state index < -0.39 is 30.9 Å². The minimum Gasteiger partial charge on any atom is -0.458 e. The summed E-state index contributed by atoms with van der Waals surface area (Å²) in [6.45, 7) is 6.30. The summed E-state index contributed by atoms with van der Waals surface area (Å²) in [6.07, 6.45) is 4.38. The number of morpholine rings is 1. The Hall–Kier alpha value is -4.16. The van der Waals surface area contributed by atoms with Gasteiger partial charge >= 0.3 is 12.6 Å². The first kappa shape index (κ1) is 29.3. The van der Waals surface area contributed by atoms with Gasteiger partial charge < -0.3 is 28.2 Å². The number of nitrogens with zero attached hydrogens (tertiary/aromatic N) is 5. The Labute approximate surface area is 242 Å². The molecule has 1 saturated heterocycles. The summed E-state index contributed by atoms with van der Waals surface area (Å²) in [4.78, 5) is 28.5. The molecular formula is C30H33F2N5O5. The van der Waals surface area contributed by atoms with Crippen LogP contribution in [0.5, 0.6) is 5.75 Å². The zero-order chi connectivity index (χ0) is 29.9. The first-order valence-electron chi connectivity index (χ1n) is 13.6. The molecule has 0 saturated carbocycles. The maximum atomic E-state index is 13.4. The summed E-state index contributed by atoms with van der Waals surface area (Å²) in [5, 5.41) is 0. The molecule has 10 nitrogen and oxygen atoms in total. The van der Waals surface area contributed by atoms with Crippen LogP contribution in [0.15, 0.2) is 55.0 Å². The Morgan fingerprint density at radius 3 is 2.45 bits per heavy atom. The van der Waals surface area contributed by atoms with Crippen LogP contribution in [-0.2, 0) is 19.0 Å². The number of ether oxygens (including phenoxy) is 4. The number of alkyl halides is 2. The van der Waals surface area contributed by atoms with Crippen molar-refractivity contribution < 1.29 is 32.5 Å². The summed E-state index contributed by atoms with van der Waals surface area (Å²) >= 11 is 0. The lowest BCUT2D eigenvalue weighted by Gasteiger charge is -2.26. The molecule has 3 aromatic heterocycles. The maximum absolute atomic E-state index is 13.4. The monoisotopic (exact) mass is 581 g/mol. The molecule has 42 heavy (non-hydrogen) atoms. The number of para-hydroxylation sites is 1. The number of rotatable bonds is 9. The molecule has 0 amide bonds. The third-order valence-corrected chi connectivity index (χ3v) is 6.56. The summed E-state index contributed by atoms with van der Waals surface area (Å²) in [7, 11) is 0. The Morgan fingerprint density at radius 2 is 1.76 bits per heavy atom. The maximum Gasteiger partial charge on any atom is 0.387 e. The Kier molecular flexibility index (Phi) is 8.64. The van der Waals surface area contributed by atoms with Gasteiger partial charge in [-0.3, -0.25) is 0 Å². The lowest BCUT2D eigenvalue weighted by molar-refractivity contribution is -0.161. The molecule has 1 fully saturated rings. The zero-order valence-electron chi connectivity index (χ0n) is 23.9. The van der Waals surface area contributed by atoms with Gasteiger partial charge in [-0.05, 0) is 45.9 Å². The van der Waals surface area contributed by atoms with Crippen molar-refractivity contribution in [2.24, 2.45) is 0 Å². The standard InChI is InChI=1S/C30H33F2N5O5/c1-19-26(27(40-18-25(38)42-30(2,3)4)22-7-5-6-8-23(22)41-28(31)32)37-17-20(9-10-24(37)35-19)21-15-33-29(34-16-21)36-11-13-39-14-12-36/h5-10,15-17,27-28H,11-14,18H2,1-4H3. The average Bonchev–Trinajstić information content (AvgIpc) is 3.28. The molecule has 0 aliphatic carbocycles. The minimum absolute atomic E-state index is 0.0701. The van der Waals surface area contributed by atoms with Crippen LogP contribution in [0.25, 0.3) is 16.8 Å². The van der Waals surface area contributed by atoms with Crippen LogP contribution in [0.4, 0.5) is 14.7 Å². The highest BCUT2D eigenvalue weighted by Gasteiger charge is 2.28. The van der Waals surface area contributed by atoms with E-state index in [9.17, 15) is 13.6 Å². The Balaban J connectivity index is 1.53. The molecule has 5 rings (SSSR count). The second-order valence-electron chi connectivity index (χ2n) is 10.8. The van der Waals surface area contributed by atoms with Crippen molar-refractivity contribution in [1.82, 2.24) is 19.4 Å². The topological polar surface area (TPSA) is 100 Å². The van der Waals surface area contributed by atoms with Gasteiger partial charge in [0.05, 0.1) is 24.6 Å². The van der Waals surface area contributed by atoms with Crippen LogP contribution in [0.3, 0.4) is 0 Å². The number of carbonyl (C=O) groups is 1. The van der Waals surface area contributed by atoms with E-state index in [0.717, 1.165) is 24.2 Å². The average molecular weight is 582 g/mol. The van der Waals surface area contributed by atoms with Crippen molar-refractivity contribution in [3.8, 4) is 16.9 Å². The van der Waals surface area contributed by atoms with Crippen molar-refractivity contribution in [2.45, 2.75) is 46.0 Å². The minimum atomic E-state index is -3.05. The molecule has 222 valence electrons. The predicted molar refractivity (Wildman–Crippen MR) is 151 cm³/mol. The number of anilines is 1. The van der Waals surface area contributed by atoms with Gasteiger partial charge in [0.25, 0.3) is 0 Å². The van der Waals surface area contributed by atoms with Crippen LogP contribution in [0.2, 0.25) is 0 Å². The number of hydrogen-bond donors (Lipinski definition) is 0. The summed E-state index contributed by atoms with van der Waals surface area (Å²) in [5.74, 6) is -0.0303. The normalized spacial score (nSPS) is 14.8. The van der Waals surface area contributed by atoms with Gasteiger partial charge in [0, 0.05) is 48.4 Å². The summed E-state index contributed by atoms with van der Waals surface area (Å²) in [5.41, 5.74) is 2.92. The molecule has 12 heteroatoms.